The Balaban J connectivity index is 2.03. The van der Waals surface area contributed by atoms with Gasteiger partial charge in [-0.3, -0.25) is 4.90 Å². The summed E-state index contributed by atoms with van der Waals surface area (Å²) < 4.78 is 0. The van der Waals surface area contributed by atoms with Crippen LogP contribution in [0, 0.1) is 5.92 Å². The van der Waals surface area contributed by atoms with E-state index in [4.69, 9.17) is 28.9 Å². The molecule has 1 fully saturated rings. The first-order valence-corrected chi connectivity index (χ1v) is 7.24. The van der Waals surface area contributed by atoms with E-state index in [2.05, 4.69) is 11.8 Å². The molecule has 2 rings (SSSR count). The van der Waals surface area contributed by atoms with E-state index >= 15 is 0 Å². The molecular formula is C14H20Cl2N2. The first-order chi connectivity index (χ1) is 8.58. The fourth-order valence-electron chi connectivity index (χ4n) is 2.58. The van der Waals surface area contributed by atoms with Gasteiger partial charge in [0.05, 0.1) is 10.0 Å². The lowest BCUT2D eigenvalue weighted by molar-refractivity contribution is 0.154. The van der Waals surface area contributed by atoms with E-state index in [-0.39, 0.29) is 6.04 Å². The molecule has 0 amide bonds. The number of nitrogens with zero attached hydrogens (tertiary/aromatic N) is 1. The number of rotatable bonds is 3. The first-order valence-electron chi connectivity index (χ1n) is 6.48. The monoisotopic (exact) mass is 286 g/mol. The second-order valence-electron chi connectivity index (χ2n) is 5.21. The number of hydrogen-bond donors (Lipinski definition) is 1. The zero-order valence-electron chi connectivity index (χ0n) is 10.7. The molecule has 0 radical (unpaired) electrons. The van der Waals surface area contributed by atoms with Gasteiger partial charge < -0.3 is 5.73 Å². The van der Waals surface area contributed by atoms with Crippen molar-refractivity contribution in [2.45, 2.75) is 32.4 Å². The Morgan fingerprint density at radius 2 is 2.22 bits per heavy atom. The van der Waals surface area contributed by atoms with Gasteiger partial charge in [0, 0.05) is 19.1 Å². The molecule has 0 aromatic heterocycles. The maximum atomic E-state index is 6.23. The second kappa shape index (κ2) is 6.25. The van der Waals surface area contributed by atoms with Gasteiger partial charge in [-0.2, -0.15) is 0 Å². The Kier molecular flexibility index (Phi) is 4.91. The molecule has 2 N–H and O–H groups in total. The summed E-state index contributed by atoms with van der Waals surface area (Å²) in [7, 11) is 0. The van der Waals surface area contributed by atoms with E-state index in [1.807, 2.05) is 18.2 Å². The molecule has 1 aliphatic rings. The molecule has 0 bridgehead atoms. The quantitative estimate of drug-likeness (QED) is 0.921. The molecule has 2 unspecified atom stereocenters. The van der Waals surface area contributed by atoms with Gasteiger partial charge in [-0.1, -0.05) is 35.3 Å². The van der Waals surface area contributed by atoms with Crippen LogP contribution in [0.15, 0.2) is 18.2 Å². The summed E-state index contributed by atoms with van der Waals surface area (Å²) in [6.07, 6.45) is 2.45. The van der Waals surface area contributed by atoms with Crippen LogP contribution >= 0.6 is 23.2 Å². The zero-order chi connectivity index (χ0) is 13.1. The summed E-state index contributed by atoms with van der Waals surface area (Å²) in [5, 5.41) is 1.32. The van der Waals surface area contributed by atoms with Gasteiger partial charge in [0.2, 0.25) is 0 Å². The summed E-state index contributed by atoms with van der Waals surface area (Å²) in [6.45, 7) is 5.13. The van der Waals surface area contributed by atoms with Gasteiger partial charge in [-0.15, -0.1) is 0 Å². The summed E-state index contributed by atoms with van der Waals surface area (Å²) in [5.74, 6) is 0.594. The molecule has 2 nitrogen and oxygen atoms in total. The van der Waals surface area contributed by atoms with Crippen LogP contribution in [0.1, 0.15) is 25.3 Å². The Bertz CT molecular complexity index is 407. The van der Waals surface area contributed by atoms with E-state index in [1.54, 1.807) is 0 Å². The van der Waals surface area contributed by atoms with Crippen LogP contribution in [0.3, 0.4) is 0 Å². The van der Waals surface area contributed by atoms with E-state index in [0.717, 1.165) is 25.2 Å². The largest absolute Gasteiger partial charge is 0.328 e. The van der Waals surface area contributed by atoms with E-state index in [9.17, 15) is 0 Å². The summed E-state index contributed by atoms with van der Waals surface area (Å²) in [6, 6.07) is 6.09. The van der Waals surface area contributed by atoms with E-state index in [1.165, 1.54) is 12.8 Å². The number of likely N-dealkylation sites (tertiary alicyclic amines) is 1. The number of benzene rings is 1. The Labute approximate surface area is 119 Å². The van der Waals surface area contributed by atoms with Crippen molar-refractivity contribution in [2.75, 3.05) is 13.1 Å². The van der Waals surface area contributed by atoms with Crippen LogP contribution < -0.4 is 5.73 Å². The van der Waals surface area contributed by atoms with E-state index < -0.39 is 0 Å². The molecule has 1 heterocycles. The molecule has 0 aliphatic carbocycles. The lowest BCUT2D eigenvalue weighted by Crippen LogP contribution is -2.41. The van der Waals surface area contributed by atoms with Crippen LogP contribution in [0.25, 0.3) is 0 Å². The highest BCUT2D eigenvalue weighted by atomic mass is 35.5. The lowest BCUT2D eigenvalue weighted by atomic mass is 9.92. The molecule has 18 heavy (non-hydrogen) atoms. The van der Waals surface area contributed by atoms with Crippen LogP contribution in [-0.4, -0.2) is 24.0 Å². The van der Waals surface area contributed by atoms with Gasteiger partial charge in [0.1, 0.15) is 0 Å². The van der Waals surface area contributed by atoms with Crippen molar-refractivity contribution in [1.29, 1.82) is 0 Å². The topological polar surface area (TPSA) is 29.3 Å². The predicted octanol–water partition coefficient (Wildman–Crippen LogP) is 3.55. The number of halogens is 2. The number of nitrogens with two attached hydrogens (primary N) is 1. The maximum absolute atomic E-state index is 6.23. The Morgan fingerprint density at radius 3 is 2.94 bits per heavy atom. The first kappa shape index (κ1) is 14.1. The molecule has 0 spiro atoms. The average Bonchev–Trinajstić information content (AvgIpc) is 2.35. The average molecular weight is 287 g/mol. The minimum absolute atomic E-state index is 0.266. The maximum Gasteiger partial charge on any atom is 0.0637 e. The van der Waals surface area contributed by atoms with Gasteiger partial charge in [0.25, 0.3) is 0 Å². The summed E-state index contributed by atoms with van der Waals surface area (Å²) >= 11 is 12.3. The highest BCUT2D eigenvalue weighted by Gasteiger charge is 2.23. The van der Waals surface area contributed by atoms with Gasteiger partial charge in [-0.25, -0.2) is 0 Å². The smallest absolute Gasteiger partial charge is 0.0637 e. The third-order valence-corrected chi connectivity index (χ3v) is 4.57. The zero-order valence-corrected chi connectivity index (χ0v) is 12.2. The molecule has 1 aliphatic heterocycles. The molecule has 0 saturated carbocycles. The van der Waals surface area contributed by atoms with Crippen molar-refractivity contribution in [3.8, 4) is 0 Å². The Hall–Kier alpha value is -0.280. The fourth-order valence-corrected chi connectivity index (χ4v) is 2.96. The Morgan fingerprint density at radius 1 is 1.44 bits per heavy atom. The minimum Gasteiger partial charge on any atom is -0.328 e. The van der Waals surface area contributed by atoms with E-state index in [0.29, 0.717) is 16.0 Å². The van der Waals surface area contributed by atoms with Crippen molar-refractivity contribution in [2.24, 2.45) is 11.7 Å². The third-order valence-electron chi connectivity index (χ3n) is 3.71. The highest BCUT2D eigenvalue weighted by Crippen LogP contribution is 2.28. The van der Waals surface area contributed by atoms with Crippen LogP contribution in [0.4, 0.5) is 0 Å². The normalized spacial score (nSPS) is 23.0. The third kappa shape index (κ3) is 3.39. The number of piperidine rings is 1. The SMILES string of the molecule is CC(N)C1CCCN(Cc2cccc(Cl)c2Cl)C1. The lowest BCUT2D eigenvalue weighted by Gasteiger charge is -2.34. The molecule has 1 aromatic rings. The summed E-state index contributed by atoms with van der Waals surface area (Å²) in [5.41, 5.74) is 7.11. The van der Waals surface area contributed by atoms with Crippen LogP contribution in [-0.2, 0) is 6.54 Å². The summed E-state index contributed by atoms with van der Waals surface area (Å²) in [4.78, 5) is 2.43. The molecule has 1 aromatic carbocycles. The standard InChI is InChI=1S/C14H20Cl2N2/c1-10(17)11-5-3-7-18(8-11)9-12-4-2-6-13(15)14(12)16/h2,4,6,10-11H,3,5,7-9,17H2,1H3. The molecule has 2 atom stereocenters. The molecule has 1 saturated heterocycles. The van der Waals surface area contributed by atoms with Gasteiger partial charge in [0.15, 0.2) is 0 Å². The van der Waals surface area contributed by atoms with Crippen molar-refractivity contribution in [3.05, 3.63) is 33.8 Å². The van der Waals surface area contributed by atoms with Gasteiger partial charge >= 0.3 is 0 Å². The number of hydrogen-bond acceptors (Lipinski definition) is 2. The predicted molar refractivity (Wildman–Crippen MR) is 78.1 cm³/mol. The van der Waals surface area contributed by atoms with Crippen LogP contribution in [0.2, 0.25) is 10.0 Å². The minimum atomic E-state index is 0.266. The van der Waals surface area contributed by atoms with Crippen molar-refractivity contribution < 1.29 is 0 Å². The van der Waals surface area contributed by atoms with Crippen molar-refractivity contribution >= 4 is 23.2 Å². The van der Waals surface area contributed by atoms with Crippen molar-refractivity contribution in [3.63, 3.8) is 0 Å². The van der Waals surface area contributed by atoms with Crippen LogP contribution in [0.5, 0.6) is 0 Å². The van der Waals surface area contributed by atoms with Gasteiger partial charge in [-0.05, 0) is 43.9 Å². The van der Waals surface area contributed by atoms with Crippen molar-refractivity contribution in [1.82, 2.24) is 4.90 Å². The molecule has 100 valence electrons. The fraction of sp³-hybridized carbons (Fsp3) is 0.571. The highest BCUT2D eigenvalue weighted by molar-refractivity contribution is 6.42. The molecular weight excluding hydrogens is 267 g/mol. The second-order valence-corrected chi connectivity index (χ2v) is 5.99. The molecule has 4 heteroatoms.